The molecule has 0 aromatic heterocycles. The number of fused-ring (bicyclic) bond motifs is 2. The van der Waals surface area contributed by atoms with Crippen molar-refractivity contribution in [2.24, 2.45) is 16.0 Å². The zero-order valence-corrected chi connectivity index (χ0v) is 48.5. The topological polar surface area (TPSA) is 266 Å². The molecule has 6 rings (SSSR count). The number of ether oxygens (including phenoxy) is 6. The smallest absolute Gasteiger partial charge is 0.261 e. The van der Waals surface area contributed by atoms with Gasteiger partial charge < -0.3 is 34.2 Å². The Balaban J connectivity index is 0.000000279. The summed E-state index contributed by atoms with van der Waals surface area (Å²) in [6, 6.07) is 21.1. The first-order chi connectivity index (χ1) is 37.1. The standard InChI is InChI=1S/C25H33Cl2N5O5S.C17H16Cl3NO2S.C8H18N4O3/c1-2-32-17-23(22-15-20(26)16-25(27)24(22)18-32)19-4-3-5-21(14-19)38(33,34)30-7-9-36-11-13-37-12-10-35-8-6-29-31-28;1-2-21-9-15(11-4-3-5-13(6-11)24(20,22)23)14-7-12(18)8-17(19)16(14)10-21;9-1-3-13-5-7-15-8-6-14-4-2-11-12-10/h3-5,14-16,23,30H,2,6-13,17-18H2,1H3;3-8,15H,2,9-10H2,1H3;1-9H2. The van der Waals surface area contributed by atoms with E-state index in [1.807, 2.05) is 24.3 Å². The lowest BCUT2D eigenvalue weighted by Crippen LogP contribution is -2.34. The van der Waals surface area contributed by atoms with Crippen LogP contribution in [0.3, 0.4) is 0 Å². The van der Waals surface area contributed by atoms with Gasteiger partial charge in [0.1, 0.15) is 0 Å². The van der Waals surface area contributed by atoms with Gasteiger partial charge in [-0.25, -0.2) is 21.6 Å². The molecule has 0 fully saturated rings. The monoisotopic (exact) mass is 1210 g/mol. The summed E-state index contributed by atoms with van der Waals surface area (Å²) in [5.41, 5.74) is 27.3. The predicted octanol–water partition coefficient (Wildman–Crippen LogP) is 9.79. The molecule has 0 saturated heterocycles. The van der Waals surface area contributed by atoms with Crippen LogP contribution in [0.1, 0.15) is 59.1 Å². The van der Waals surface area contributed by atoms with Gasteiger partial charge >= 0.3 is 0 Å². The lowest BCUT2D eigenvalue weighted by Gasteiger charge is -2.35. The van der Waals surface area contributed by atoms with Crippen molar-refractivity contribution in [2.75, 3.05) is 132 Å². The quantitative estimate of drug-likeness (QED) is 0.0162. The Bertz CT molecular complexity index is 2780. The average molecular weight is 1210 g/mol. The summed E-state index contributed by atoms with van der Waals surface area (Å²) < 4.78 is 83.3. The van der Waals surface area contributed by atoms with E-state index in [1.54, 1.807) is 42.5 Å². The minimum absolute atomic E-state index is 0.0109. The summed E-state index contributed by atoms with van der Waals surface area (Å²) in [6.07, 6.45) is 0. The minimum atomic E-state index is -3.77. The molecule has 4 aromatic rings. The molecule has 3 N–H and O–H groups in total. The van der Waals surface area contributed by atoms with Gasteiger partial charge in [0.2, 0.25) is 10.0 Å². The Morgan fingerprint density at radius 3 is 1.42 bits per heavy atom. The normalized spacial score (nSPS) is 15.4. The third-order valence-electron chi connectivity index (χ3n) is 11.9. The van der Waals surface area contributed by atoms with Crippen molar-refractivity contribution in [1.82, 2.24) is 14.5 Å². The lowest BCUT2D eigenvalue weighted by molar-refractivity contribution is 0.0171. The van der Waals surface area contributed by atoms with Gasteiger partial charge in [-0.1, -0.05) is 94.7 Å². The Hall–Kier alpha value is -3.55. The summed E-state index contributed by atoms with van der Waals surface area (Å²) in [5.74, 6) is -0.0619. The minimum Gasteiger partial charge on any atom is -0.379 e. The largest absolute Gasteiger partial charge is 0.379 e. The summed E-state index contributed by atoms with van der Waals surface area (Å²) in [7, 11) is -2.00. The Kier molecular flexibility index (Phi) is 30.8. The van der Waals surface area contributed by atoms with Crippen molar-refractivity contribution < 1.29 is 45.3 Å². The first-order valence-electron chi connectivity index (χ1n) is 24.8. The van der Waals surface area contributed by atoms with Gasteiger partial charge in [-0.2, -0.15) is 0 Å². The highest BCUT2D eigenvalue weighted by molar-refractivity contribution is 8.13. The molecule has 2 aliphatic rings. The second-order valence-electron chi connectivity index (χ2n) is 17.0. The van der Waals surface area contributed by atoms with E-state index in [-0.39, 0.29) is 41.3 Å². The van der Waals surface area contributed by atoms with Crippen LogP contribution in [0.4, 0.5) is 0 Å². The molecule has 0 aliphatic carbocycles. The van der Waals surface area contributed by atoms with Crippen LogP contribution in [0.2, 0.25) is 20.1 Å². The Morgan fingerprint density at radius 1 is 0.597 bits per heavy atom. The number of nitrogens with one attached hydrogen (secondary N) is 1. The Labute approximate surface area is 476 Å². The zero-order chi connectivity index (χ0) is 56.1. The molecule has 2 heterocycles. The molecule has 0 radical (unpaired) electrons. The van der Waals surface area contributed by atoms with Crippen LogP contribution >= 0.6 is 57.1 Å². The molecular weight excluding hydrogens is 1140 g/mol. The van der Waals surface area contributed by atoms with Crippen LogP contribution in [0.15, 0.2) is 92.8 Å². The number of azide groups is 2. The van der Waals surface area contributed by atoms with E-state index in [0.29, 0.717) is 106 Å². The van der Waals surface area contributed by atoms with E-state index in [4.69, 9.17) is 102 Å². The predicted molar refractivity (Wildman–Crippen MR) is 302 cm³/mol. The fourth-order valence-corrected chi connectivity index (χ4v) is 11.1. The molecule has 4 aromatic carbocycles. The fourth-order valence-electron chi connectivity index (χ4n) is 8.12. The summed E-state index contributed by atoms with van der Waals surface area (Å²) in [6.45, 7) is 15.4. The maximum Gasteiger partial charge on any atom is 0.261 e. The number of halogens is 5. The molecule has 2 atom stereocenters. The van der Waals surface area contributed by atoms with Crippen LogP contribution in [0, 0.1) is 0 Å². The van der Waals surface area contributed by atoms with E-state index in [2.05, 4.69) is 48.4 Å². The number of nitrogens with two attached hydrogens (primary N) is 1. The van der Waals surface area contributed by atoms with Gasteiger partial charge in [0.05, 0.1) is 89.1 Å². The summed E-state index contributed by atoms with van der Waals surface area (Å²) in [4.78, 5) is 10.1. The highest BCUT2D eigenvalue weighted by Crippen LogP contribution is 2.41. The van der Waals surface area contributed by atoms with Crippen LogP contribution in [0.25, 0.3) is 20.9 Å². The van der Waals surface area contributed by atoms with Crippen LogP contribution in [-0.4, -0.2) is 158 Å². The van der Waals surface area contributed by atoms with Gasteiger partial charge in [0, 0.05) is 105 Å². The van der Waals surface area contributed by atoms with E-state index in [9.17, 15) is 16.8 Å². The number of likely N-dealkylation sites (N-methyl/N-ethyl adjacent to an activating group) is 2. The van der Waals surface area contributed by atoms with Gasteiger partial charge in [0.25, 0.3) is 9.05 Å². The van der Waals surface area contributed by atoms with Crippen LogP contribution in [-0.2, 0) is 60.6 Å². The highest BCUT2D eigenvalue weighted by atomic mass is 35.7. The highest BCUT2D eigenvalue weighted by Gasteiger charge is 2.30. The molecule has 20 nitrogen and oxygen atoms in total. The fraction of sp³-hybridized carbons (Fsp3) is 0.520. The number of benzene rings is 4. The molecule has 424 valence electrons. The molecule has 0 saturated carbocycles. The second-order valence-corrected chi connectivity index (χ2v) is 23.0. The molecule has 77 heavy (non-hydrogen) atoms. The van der Waals surface area contributed by atoms with Gasteiger partial charge in [0.15, 0.2) is 0 Å². The maximum absolute atomic E-state index is 13.0. The number of sulfonamides is 1. The third kappa shape index (κ3) is 23.2. The van der Waals surface area contributed by atoms with E-state index in [1.165, 1.54) is 6.07 Å². The molecule has 2 unspecified atom stereocenters. The molecule has 0 bridgehead atoms. The molecular formula is C50H67Cl5N10O10S2. The number of nitrogens with zero attached hydrogens (tertiary/aromatic N) is 8. The van der Waals surface area contributed by atoms with Crippen LogP contribution in [0.5, 0.6) is 0 Å². The molecule has 2 aliphatic heterocycles. The summed E-state index contributed by atoms with van der Waals surface area (Å²) in [5, 5.41) is 9.10. The average Bonchev–Trinajstić information content (AvgIpc) is 3.43. The number of hydrogen-bond donors (Lipinski definition) is 2. The van der Waals surface area contributed by atoms with Gasteiger partial charge in [-0.3, -0.25) is 9.80 Å². The first-order valence-corrected chi connectivity index (χ1v) is 30.1. The van der Waals surface area contributed by atoms with Crippen molar-refractivity contribution in [2.45, 2.75) is 48.6 Å². The van der Waals surface area contributed by atoms with Gasteiger partial charge in [-0.05, 0) is 106 Å². The first kappa shape index (κ1) is 66.0. The van der Waals surface area contributed by atoms with Crippen molar-refractivity contribution in [1.29, 1.82) is 0 Å². The maximum atomic E-state index is 13.0. The molecule has 27 heteroatoms. The van der Waals surface area contributed by atoms with Gasteiger partial charge in [-0.15, -0.1) is 0 Å². The van der Waals surface area contributed by atoms with Crippen molar-refractivity contribution in [3.05, 3.63) is 147 Å². The van der Waals surface area contributed by atoms with Crippen LogP contribution < -0.4 is 10.5 Å². The number of rotatable bonds is 30. The van der Waals surface area contributed by atoms with E-state index in [0.717, 1.165) is 72.6 Å². The second kappa shape index (κ2) is 35.9. The van der Waals surface area contributed by atoms with Crippen molar-refractivity contribution in [3.8, 4) is 0 Å². The molecule has 0 spiro atoms. The molecule has 0 amide bonds. The SMILES string of the molecule is CCN1Cc2c(Cl)cc(Cl)cc2C(c2cccc(S(=O)(=O)Cl)c2)C1.CCN1Cc2c(Cl)cc(Cl)cc2C(c2cccc(S(=O)(=O)NCCOCCOCCOCCN=[N+]=[N-])c2)C1.[N-]=[N+]=NCCOCCOCCOCCN. The number of hydrogen-bond acceptors (Lipinski definition) is 15. The summed E-state index contributed by atoms with van der Waals surface area (Å²) >= 11 is 25.4. The van der Waals surface area contributed by atoms with Crippen molar-refractivity contribution in [3.63, 3.8) is 0 Å². The Morgan fingerprint density at radius 2 is 1.00 bits per heavy atom. The van der Waals surface area contributed by atoms with Crippen molar-refractivity contribution >= 4 is 76.2 Å². The lowest BCUT2D eigenvalue weighted by atomic mass is 9.84. The van der Waals surface area contributed by atoms with E-state index >= 15 is 0 Å². The third-order valence-corrected chi connectivity index (χ3v) is 15.8. The van der Waals surface area contributed by atoms with E-state index < -0.39 is 19.1 Å². The zero-order valence-electron chi connectivity index (χ0n) is 43.1.